The van der Waals surface area contributed by atoms with Gasteiger partial charge in [-0.2, -0.15) is 0 Å². The van der Waals surface area contributed by atoms with Gasteiger partial charge in [-0.05, 0) is 36.5 Å². The maximum atomic E-state index is 12.0. The molecule has 3 rings (SSSR count). The number of hydrogen-bond acceptors (Lipinski definition) is 4. The molecule has 1 aromatic heterocycles. The highest BCUT2D eigenvalue weighted by Gasteiger charge is 2.08. The van der Waals surface area contributed by atoms with Gasteiger partial charge in [0.05, 0.1) is 5.52 Å². The molecular formula is C15H14N6OS. The number of para-hydroxylation sites is 2. The number of benzene rings is 2. The zero-order valence-corrected chi connectivity index (χ0v) is 12.9. The summed E-state index contributed by atoms with van der Waals surface area (Å²) in [7, 11) is 0. The second kappa shape index (κ2) is 6.84. The number of anilines is 1. The van der Waals surface area contributed by atoms with Gasteiger partial charge in [0.15, 0.2) is 5.11 Å². The molecule has 0 saturated heterocycles. The van der Waals surface area contributed by atoms with E-state index in [4.69, 9.17) is 12.2 Å². The highest BCUT2D eigenvalue weighted by atomic mass is 32.1. The predicted octanol–water partition coefficient (Wildman–Crippen LogP) is 1.45. The van der Waals surface area contributed by atoms with Crippen LogP contribution >= 0.6 is 12.2 Å². The molecular weight excluding hydrogens is 312 g/mol. The van der Waals surface area contributed by atoms with Crippen LogP contribution in [0.5, 0.6) is 0 Å². The number of nitrogens with zero attached hydrogens (tertiary/aromatic N) is 3. The number of carbonyl (C=O) groups excluding carboxylic acids is 1. The zero-order valence-electron chi connectivity index (χ0n) is 12.1. The van der Waals surface area contributed by atoms with Crippen molar-refractivity contribution in [3.05, 3.63) is 54.6 Å². The number of hydrazine groups is 1. The zero-order chi connectivity index (χ0) is 16.1. The van der Waals surface area contributed by atoms with Crippen LogP contribution < -0.4 is 16.2 Å². The lowest BCUT2D eigenvalue weighted by Gasteiger charge is -2.11. The highest BCUT2D eigenvalue weighted by molar-refractivity contribution is 7.80. The summed E-state index contributed by atoms with van der Waals surface area (Å²) in [6.45, 7) is 0.0431. The third-order valence-electron chi connectivity index (χ3n) is 3.06. The SMILES string of the molecule is O=C(Cn1nnc2ccccc21)NNC(=S)Nc1ccccc1. The Morgan fingerprint density at radius 1 is 1.04 bits per heavy atom. The average Bonchev–Trinajstić information content (AvgIpc) is 2.97. The number of aromatic nitrogens is 3. The van der Waals surface area contributed by atoms with E-state index in [-0.39, 0.29) is 12.5 Å². The number of rotatable bonds is 3. The number of carbonyl (C=O) groups is 1. The maximum absolute atomic E-state index is 12.0. The second-order valence-corrected chi connectivity index (χ2v) is 5.14. The van der Waals surface area contributed by atoms with Crippen LogP contribution in [0.1, 0.15) is 0 Å². The van der Waals surface area contributed by atoms with E-state index in [0.29, 0.717) is 5.11 Å². The molecule has 0 aliphatic rings. The minimum absolute atomic E-state index is 0.0431. The van der Waals surface area contributed by atoms with Gasteiger partial charge in [0.2, 0.25) is 0 Å². The van der Waals surface area contributed by atoms with Gasteiger partial charge in [0.1, 0.15) is 12.1 Å². The minimum atomic E-state index is -0.280. The molecule has 7 nitrogen and oxygen atoms in total. The van der Waals surface area contributed by atoms with Crippen LogP contribution in [0, 0.1) is 0 Å². The van der Waals surface area contributed by atoms with E-state index in [9.17, 15) is 4.79 Å². The lowest BCUT2D eigenvalue weighted by Crippen LogP contribution is -2.45. The van der Waals surface area contributed by atoms with E-state index >= 15 is 0 Å². The Hall–Kier alpha value is -3.00. The predicted molar refractivity (Wildman–Crippen MR) is 91.5 cm³/mol. The normalized spacial score (nSPS) is 10.3. The molecule has 0 spiro atoms. The fourth-order valence-electron chi connectivity index (χ4n) is 2.02. The van der Waals surface area contributed by atoms with Crippen molar-refractivity contribution in [2.24, 2.45) is 0 Å². The first-order chi connectivity index (χ1) is 11.2. The van der Waals surface area contributed by atoms with Crippen LogP contribution in [0.2, 0.25) is 0 Å². The Kier molecular flexibility index (Phi) is 4.44. The quantitative estimate of drug-likeness (QED) is 0.499. The Bertz CT molecular complexity index is 832. The first-order valence-electron chi connectivity index (χ1n) is 6.91. The van der Waals surface area contributed by atoms with Gasteiger partial charge in [0, 0.05) is 5.69 Å². The molecule has 0 fully saturated rings. The first-order valence-corrected chi connectivity index (χ1v) is 7.32. The van der Waals surface area contributed by atoms with E-state index in [2.05, 4.69) is 26.5 Å². The van der Waals surface area contributed by atoms with Crippen molar-refractivity contribution < 1.29 is 4.79 Å². The van der Waals surface area contributed by atoms with Crippen LogP contribution in [-0.2, 0) is 11.3 Å². The molecule has 0 bridgehead atoms. The molecule has 0 saturated carbocycles. The van der Waals surface area contributed by atoms with Gasteiger partial charge in [-0.1, -0.05) is 35.5 Å². The van der Waals surface area contributed by atoms with E-state index in [1.165, 1.54) is 4.68 Å². The van der Waals surface area contributed by atoms with Gasteiger partial charge >= 0.3 is 0 Å². The van der Waals surface area contributed by atoms with Crippen LogP contribution in [0.15, 0.2) is 54.6 Å². The molecule has 0 unspecified atom stereocenters. The summed E-state index contributed by atoms with van der Waals surface area (Å²) in [5, 5.41) is 11.2. The van der Waals surface area contributed by atoms with Crippen LogP contribution in [0.25, 0.3) is 11.0 Å². The topological polar surface area (TPSA) is 83.9 Å². The van der Waals surface area contributed by atoms with E-state index < -0.39 is 0 Å². The summed E-state index contributed by atoms with van der Waals surface area (Å²) in [5.41, 5.74) is 7.55. The van der Waals surface area contributed by atoms with Crippen LogP contribution in [-0.4, -0.2) is 26.0 Å². The third kappa shape index (κ3) is 3.80. The molecule has 0 radical (unpaired) electrons. The third-order valence-corrected chi connectivity index (χ3v) is 3.26. The standard InChI is InChI=1S/C15H14N6OS/c22-14(10-21-13-9-5-4-8-12(13)17-20-21)18-19-15(23)16-11-6-2-1-3-7-11/h1-9H,10H2,(H,18,22)(H2,16,19,23). The minimum Gasteiger partial charge on any atom is -0.331 e. The lowest BCUT2D eigenvalue weighted by atomic mass is 10.3. The van der Waals surface area contributed by atoms with Gasteiger partial charge in [-0.25, -0.2) is 4.68 Å². The summed E-state index contributed by atoms with van der Waals surface area (Å²) >= 11 is 5.11. The molecule has 3 N–H and O–H groups in total. The number of thiocarbonyl (C=S) groups is 1. The smallest absolute Gasteiger partial charge is 0.260 e. The van der Waals surface area contributed by atoms with Crippen molar-refractivity contribution in [1.82, 2.24) is 25.8 Å². The van der Waals surface area contributed by atoms with Crippen molar-refractivity contribution in [2.75, 3.05) is 5.32 Å². The summed E-state index contributed by atoms with van der Waals surface area (Å²) in [6.07, 6.45) is 0. The molecule has 3 aromatic rings. The maximum Gasteiger partial charge on any atom is 0.260 e. The second-order valence-electron chi connectivity index (χ2n) is 4.73. The van der Waals surface area contributed by atoms with Crippen molar-refractivity contribution in [1.29, 1.82) is 0 Å². The van der Waals surface area contributed by atoms with Crippen molar-refractivity contribution in [2.45, 2.75) is 6.54 Å². The molecule has 23 heavy (non-hydrogen) atoms. The molecule has 2 aromatic carbocycles. The number of amides is 1. The Morgan fingerprint density at radius 3 is 2.61 bits per heavy atom. The Morgan fingerprint density at radius 2 is 1.78 bits per heavy atom. The number of hydrogen-bond donors (Lipinski definition) is 3. The first kappa shape index (κ1) is 14.9. The molecule has 0 atom stereocenters. The highest BCUT2D eigenvalue weighted by Crippen LogP contribution is 2.09. The van der Waals surface area contributed by atoms with Crippen molar-refractivity contribution in [3.63, 3.8) is 0 Å². The fourth-order valence-corrected chi connectivity index (χ4v) is 2.19. The summed E-state index contributed by atoms with van der Waals surface area (Å²) in [5.74, 6) is -0.280. The lowest BCUT2D eigenvalue weighted by molar-refractivity contribution is -0.122. The van der Waals surface area contributed by atoms with E-state index in [1.54, 1.807) is 0 Å². The molecule has 0 aliphatic carbocycles. The van der Waals surface area contributed by atoms with E-state index in [1.807, 2.05) is 54.6 Å². The molecule has 8 heteroatoms. The van der Waals surface area contributed by atoms with Gasteiger partial charge in [-0.15, -0.1) is 5.10 Å². The largest absolute Gasteiger partial charge is 0.331 e. The summed E-state index contributed by atoms with van der Waals surface area (Å²) in [4.78, 5) is 12.0. The van der Waals surface area contributed by atoms with Crippen molar-refractivity contribution >= 4 is 40.0 Å². The number of fused-ring (bicyclic) bond motifs is 1. The molecule has 1 amide bonds. The fraction of sp³-hybridized carbons (Fsp3) is 0.0667. The number of nitrogens with one attached hydrogen (secondary N) is 3. The van der Waals surface area contributed by atoms with Gasteiger partial charge in [0.25, 0.3) is 5.91 Å². The molecule has 0 aliphatic heterocycles. The average molecular weight is 326 g/mol. The van der Waals surface area contributed by atoms with Crippen molar-refractivity contribution in [3.8, 4) is 0 Å². The summed E-state index contributed by atoms with van der Waals surface area (Å²) in [6, 6.07) is 16.9. The Balaban J connectivity index is 1.52. The van der Waals surface area contributed by atoms with Gasteiger partial charge in [-0.3, -0.25) is 15.6 Å². The monoisotopic (exact) mass is 326 g/mol. The molecule has 1 heterocycles. The Labute approximate surface area is 137 Å². The van der Waals surface area contributed by atoms with Crippen LogP contribution in [0.3, 0.4) is 0 Å². The van der Waals surface area contributed by atoms with Gasteiger partial charge < -0.3 is 5.32 Å². The van der Waals surface area contributed by atoms with Crippen LogP contribution in [0.4, 0.5) is 5.69 Å². The van der Waals surface area contributed by atoms with E-state index in [0.717, 1.165) is 16.7 Å². The molecule has 116 valence electrons. The summed E-state index contributed by atoms with van der Waals surface area (Å²) < 4.78 is 1.53.